The SMILES string of the molecule is CNCC(C)CNC(=O)c1cnn(C)c1. The maximum Gasteiger partial charge on any atom is 0.254 e. The van der Waals surface area contributed by atoms with Crippen LogP contribution in [0.5, 0.6) is 0 Å². The average molecular weight is 210 g/mol. The van der Waals surface area contributed by atoms with Gasteiger partial charge in [-0.25, -0.2) is 0 Å². The van der Waals surface area contributed by atoms with E-state index in [9.17, 15) is 4.79 Å². The first-order valence-electron chi connectivity index (χ1n) is 5.05. The summed E-state index contributed by atoms with van der Waals surface area (Å²) in [5.74, 6) is 0.363. The molecule has 1 amide bonds. The van der Waals surface area contributed by atoms with Gasteiger partial charge in [0.15, 0.2) is 0 Å². The Bertz CT molecular complexity index is 321. The van der Waals surface area contributed by atoms with Gasteiger partial charge in [0.05, 0.1) is 11.8 Å². The molecule has 0 aromatic carbocycles. The number of amides is 1. The number of carbonyl (C=O) groups excluding carboxylic acids is 1. The first-order valence-corrected chi connectivity index (χ1v) is 5.05. The molecule has 0 bridgehead atoms. The molecule has 0 spiro atoms. The molecule has 0 fully saturated rings. The van der Waals surface area contributed by atoms with E-state index >= 15 is 0 Å². The number of carbonyl (C=O) groups is 1. The zero-order chi connectivity index (χ0) is 11.3. The lowest BCUT2D eigenvalue weighted by Gasteiger charge is -2.10. The molecule has 1 rings (SSSR count). The van der Waals surface area contributed by atoms with Gasteiger partial charge >= 0.3 is 0 Å². The molecule has 1 atom stereocenters. The summed E-state index contributed by atoms with van der Waals surface area (Å²) in [5, 5.41) is 9.88. The zero-order valence-electron chi connectivity index (χ0n) is 9.45. The minimum absolute atomic E-state index is 0.0638. The van der Waals surface area contributed by atoms with Crippen molar-refractivity contribution in [2.24, 2.45) is 13.0 Å². The summed E-state index contributed by atoms with van der Waals surface area (Å²) < 4.78 is 1.62. The largest absolute Gasteiger partial charge is 0.352 e. The molecule has 84 valence electrons. The van der Waals surface area contributed by atoms with Crippen molar-refractivity contribution in [1.29, 1.82) is 0 Å². The molecular weight excluding hydrogens is 192 g/mol. The molecule has 2 N–H and O–H groups in total. The average Bonchev–Trinajstić information content (AvgIpc) is 2.62. The summed E-state index contributed by atoms with van der Waals surface area (Å²) in [6.07, 6.45) is 3.27. The summed E-state index contributed by atoms with van der Waals surface area (Å²) in [6.45, 7) is 3.65. The topological polar surface area (TPSA) is 58.9 Å². The Hall–Kier alpha value is -1.36. The minimum atomic E-state index is -0.0638. The summed E-state index contributed by atoms with van der Waals surface area (Å²) in [7, 11) is 3.69. The summed E-state index contributed by atoms with van der Waals surface area (Å²) >= 11 is 0. The lowest BCUT2D eigenvalue weighted by Crippen LogP contribution is -2.32. The number of hydrogen-bond donors (Lipinski definition) is 2. The highest BCUT2D eigenvalue weighted by atomic mass is 16.1. The zero-order valence-corrected chi connectivity index (χ0v) is 9.45. The Labute approximate surface area is 89.9 Å². The van der Waals surface area contributed by atoms with Gasteiger partial charge in [0, 0.05) is 19.8 Å². The van der Waals surface area contributed by atoms with Gasteiger partial charge in [-0.1, -0.05) is 6.92 Å². The first-order chi connectivity index (χ1) is 7.13. The molecule has 1 heterocycles. The van der Waals surface area contributed by atoms with Crippen LogP contribution in [0, 0.1) is 5.92 Å². The predicted octanol–water partition coefficient (Wildman–Crippen LogP) is 0.00540. The van der Waals surface area contributed by atoms with Crippen molar-refractivity contribution in [2.45, 2.75) is 6.92 Å². The Morgan fingerprint density at radius 2 is 2.33 bits per heavy atom. The summed E-state index contributed by atoms with van der Waals surface area (Å²) in [5.41, 5.74) is 0.606. The van der Waals surface area contributed by atoms with Gasteiger partial charge in [-0.05, 0) is 19.5 Å². The second kappa shape index (κ2) is 5.50. The van der Waals surface area contributed by atoms with Crippen molar-refractivity contribution in [2.75, 3.05) is 20.1 Å². The lowest BCUT2D eigenvalue weighted by molar-refractivity contribution is 0.0948. The third kappa shape index (κ3) is 3.71. The Morgan fingerprint density at radius 1 is 1.60 bits per heavy atom. The maximum atomic E-state index is 11.6. The molecule has 1 aromatic heterocycles. The minimum Gasteiger partial charge on any atom is -0.352 e. The van der Waals surface area contributed by atoms with Gasteiger partial charge in [-0.15, -0.1) is 0 Å². The predicted molar refractivity (Wildman–Crippen MR) is 58.6 cm³/mol. The van der Waals surface area contributed by atoms with E-state index in [2.05, 4.69) is 22.7 Å². The number of aromatic nitrogens is 2. The second-order valence-corrected chi connectivity index (χ2v) is 3.78. The standard InChI is InChI=1S/C10H18N4O/c1-8(4-11-2)5-12-10(15)9-6-13-14(3)7-9/h6-8,11H,4-5H2,1-3H3,(H,12,15). The molecule has 15 heavy (non-hydrogen) atoms. The van der Waals surface area contributed by atoms with E-state index in [0.717, 1.165) is 6.54 Å². The van der Waals surface area contributed by atoms with Gasteiger partial charge in [0.25, 0.3) is 5.91 Å². The van der Waals surface area contributed by atoms with Gasteiger partial charge in [-0.3, -0.25) is 9.48 Å². The first kappa shape index (κ1) is 11.7. The van der Waals surface area contributed by atoms with Crippen LogP contribution < -0.4 is 10.6 Å². The highest BCUT2D eigenvalue weighted by Crippen LogP contribution is 1.96. The number of aryl methyl sites for hydroxylation is 1. The highest BCUT2D eigenvalue weighted by Gasteiger charge is 2.08. The van der Waals surface area contributed by atoms with Crippen molar-refractivity contribution in [1.82, 2.24) is 20.4 Å². The molecule has 0 aliphatic carbocycles. The van der Waals surface area contributed by atoms with Gasteiger partial charge in [0.1, 0.15) is 0 Å². The fraction of sp³-hybridized carbons (Fsp3) is 0.600. The van der Waals surface area contributed by atoms with E-state index in [4.69, 9.17) is 0 Å². The molecular formula is C10H18N4O. The van der Waals surface area contributed by atoms with E-state index in [1.807, 2.05) is 7.05 Å². The fourth-order valence-electron chi connectivity index (χ4n) is 1.33. The van der Waals surface area contributed by atoms with Crippen LogP contribution in [0.4, 0.5) is 0 Å². The molecule has 5 heteroatoms. The smallest absolute Gasteiger partial charge is 0.254 e. The molecule has 1 unspecified atom stereocenters. The Morgan fingerprint density at radius 3 is 2.87 bits per heavy atom. The van der Waals surface area contributed by atoms with Crippen molar-refractivity contribution in [3.63, 3.8) is 0 Å². The van der Waals surface area contributed by atoms with E-state index in [1.54, 1.807) is 24.1 Å². The van der Waals surface area contributed by atoms with Gasteiger partial charge < -0.3 is 10.6 Å². The third-order valence-electron chi connectivity index (χ3n) is 2.13. The number of nitrogens with one attached hydrogen (secondary N) is 2. The molecule has 1 aromatic rings. The van der Waals surface area contributed by atoms with E-state index < -0.39 is 0 Å². The maximum absolute atomic E-state index is 11.6. The van der Waals surface area contributed by atoms with Crippen LogP contribution in [-0.4, -0.2) is 35.8 Å². The van der Waals surface area contributed by atoms with E-state index in [-0.39, 0.29) is 5.91 Å². The monoisotopic (exact) mass is 210 g/mol. The van der Waals surface area contributed by atoms with Crippen molar-refractivity contribution < 1.29 is 4.79 Å². The van der Waals surface area contributed by atoms with Crippen LogP contribution in [-0.2, 0) is 7.05 Å². The number of nitrogens with zero attached hydrogens (tertiary/aromatic N) is 2. The quantitative estimate of drug-likeness (QED) is 0.719. The van der Waals surface area contributed by atoms with Gasteiger partial charge in [0.2, 0.25) is 0 Å². The lowest BCUT2D eigenvalue weighted by atomic mass is 10.2. The molecule has 0 radical (unpaired) electrons. The second-order valence-electron chi connectivity index (χ2n) is 3.78. The van der Waals surface area contributed by atoms with Crippen molar-refractivity contribution in [3.05, 3.63) is 18.0 Å². The van der Waals surface area contributed by atoms with Crippen LogP contribution in [0.2, 0.25) is 0 Å². The molecule has 0 saturated carbocycles. The molecule has 5 nitrogen and oxygen atoms in total. The fourth-order valence-corrected chi connectivity index (χ4v) is 1.33. The Kier molecular flexibility index (Phi) is 4.30. The van der Waals surface area contributed by atoms with Crippen LogP contribution in [0.15, 0.2) is 12.4 Å². The van der Waals surface area contributed by atoms with Crippen LogP contribution in [0.3, 0.4) is 0 Å². The third-order valence-corrected chi connectivity index (χ3v) is 2.13. The van der Waals surface area contributed by atoms with Crippen molar-refractivity contribution >= 4 is 5.91 Å². The number of rotatable bonds is 5. The van der Waals surface area contributed by atoms with E-state index in [0.29, 0.717) is 18.0 Å². The highest BCUT2D eigenvalue weighted by molar-refractivity contribution is 5.93. The number of hydrogen-bond acceptors (Lipinski definition) is 3. The normalized spacial score (nSPS) is 12.5. The van der Waals surface area contributed by atoms with Crippen LogP contribution in [0.1, 0.15) is 17.3 Å². The van der Waals surface area contributed by atoms with Crippen LogP contribution in [0.25, 0.3) is 0 Å². The van der Waals surface area contributed by atoms with Crippen molar-refractivity contribution in [3.8, 4) is 0 Å². The van der Waals surface area contributed by atoms with Crippen LogP contribution >= 0.6 is 0 Å². The molecule has 0 aliphatic rings. The van der Waals surface area contributed by atoms with Gasteiger partial charge in [-0.2, -0.15) is 5.10 Å². The summed E-state index contributed by atoms with van der Waals surface area (Å²) in [6, 6.07) is 0. The molecule has 0 aliphatic heterocycles. The van der Waals surface area contributed by atoms with E-state index in [1.165, 1.54) is 0 Å². The summed E-state index contributed by atoms with van der Waals surface area (Å²) in [4.78, 5) is 11.6. The molecule has 0 saturated heterocycles. The Balaban J connectivity index is 2.36.